The molecule has 0 bridgehead atoms. The number of rotatable bonds is 2. The van der Waals surface area contributed by atoms with Crippen LogP contribution in [-0.2, 0) is 6.42 Å². The molecule has 1 nitrogen and oxygen atoms in total. The Morgan fingerprint density at radius 2 is 1.92 bits per heavy atom. The number of hydrogen-bond acceptors (Lipinski definition) is 1. The van der Waals surface area contributed by atoms with Gasteiger partial charge in [0, 0.05) is 0 Å². The fourth-order valence-electron chi connectivity index (χ4n) is 1.58. The van der Waals surface area contributed by atoms with Gasteiger partial charge in [0.1, 0.15) is 0 Å². The second-order valence-electron chi connectivity index (χ2n) is 4.05. The summed E-state index contributed by atoms with van der Waals surface area (Å²) in [6.45, 7) is 2.08. The van der Waals surface area contributed by atoms with Crippen molar-refractivity contribution < 1.29 is 0 Å². The van der Waals surface area contributed by atoms with Crippen molar-refractivity contribution >= 4 is 0 Å². The van der Waals surface area contributed by atoms with Gasteiger partial charge in [-0.2, -0.15) is 5.26 Å². The normalized spacial score (nSPS) is 17.8. The second-order valence-corrected chi connectivity index (χ2v) is 4.05. The van der Waals surface area contributed by atoms with Crippen LogP contribution in [-0.4, -0.2) is 0 Å². The summed E-state index contributed by atoms with van der Waals surface area (Å²) < 4.78 is 0. The Bertz CT molecular complexity index is 338. The summed E-state index contributed by atoms with van der Waals surface area (Å²) >= 11 is 0. The zero-order valence-electron chi connectivity index (χ0n) is 7.88. The first-order valence-electron chi connectivity index (χ1n) is 4.71. The first kappa shape index (κ1) is 8.31. The van der Waals surface area contributed by atoms with Crippen molar-refractivity contribution in [3.63, 3.8) is 0 Å². The van der Waals surface area contributed by atoms with Crippen LogP contribution in [0.4, 0.5) is 0 Å². The molecule has 1 saturated carbocycles. The van der Waals surface area contributed by atoms with Gasteiger partial charge >= 0.3 is 0 Å². The van der Waals surface area contributed by atoms with Crippen LogP contribution in [0.5, 0.6) is 0 Å². The van der Waals surface area contributed by atoms with E-state index in [2.05, 4.69) is 37.3 Å². The summed E-state index contributed by atoms with van der Waals surface area (Å²) in [5.41, 5.74) is 2.57. The largest absolute Gasteiger partial charge is 0.198 e. The Hall–Kier alpha value is -1.29. The predicted molar refractivity (Wildman–Crippen MR) is 52.2 cm³/mol. The van der Waals surface area contributed by atoms with E-state index >= 15 is 0 Å². The smallest absolute Gasteiger partial charge is 0.0693 e. The summed E-state index contributed by atoms with van der Waals surface area (Å²) in [4.78, 5) is 0. The van der Waals surface area contributed by atoms with Gasteiger partial charge in [-0.05, 0) is 31.7 Å². The quantitative estimate of drug-likeness (QED) is 0.671. The Kier molecular flexibility index (Phi) is 1.84. The highest BCUT2D eigenvalue weighted by molar-refractivity contribution is 5.26. The van der Waals surface area contributed by atoms with Crippen LogP contribution in [0.3, 0.4) is 0 Å². The first-order valence-corrected chi connectivity index (χ1v) is 4.71. The third-order valence-electron chi connectivity index (χ3n) is 2.75. The summed E-state index contributed by atoms with van der Waals surface area (Å²) in [5.74, 6) is 0. The molecule has 13 heavy (non-hydrogen) atoms. The molecule has 1 aliphatic carbocycles. The highest BCUT2D eigenvalue weighted by Gasteiger charge is 2.42. The minimum Gasteiger partial charge on any atom is -0.198 e. The van der Waals surface area contributed by atoms with Crippen LogP contribution in [0.25, 0.3) is 0 Å². The molecule has 0 atom stereocenters. The van der Waals surface area contributed by atoms with Gasteiger partial charge in [0.15, 0.2) is 0 Å². The van der Waals surface area contributed by atoms with Crippen LogP contribution in [0.15, 0.2) is 24.3 Å². The summed E-state index contributed by atoms with van der Waals surface area (Å²) in [7, 11) is 0. The van der Waals surface area contributed by atoms with Gasteiger partial charge in [0.05, 0.1) is 11.5 Å². The van der Waals surface area contributed by atoms with Gasteiger partial charge in [-0.3, -0.25) is 0 Å². The van der Waals surface area contributed by atoms with Crippen LogP contribution >= 0.6 is 0 Å². The van der Waals surface area contributed by atoms with Gasteiger partial charge in [0.25, 0.3) is 0 Å². The molecule has 1 heteroatoms. The highest BCUT2D eigenvalue weighted by Crippen LogP contribution is 2.47. The van der Waals surface area contributed by atoms with Crippen LogP contribution < -0.4 is 0 Å². The van der Waals surface area contributed by atoms with Crippen molar-refractivity contribution in [3.05, 3.63) is 35.4 Å². The maximum Gasteiger partial charge on any atom is 0.0693 e. The lowest BCUT2D eigenvalue weighted by Gasteiger charge is -2.05. The molecule has 2 rings (SSSR count). The Labute approximate surface area is 79.0 Å². The van der Waals surface area contributed by atoms with E-state index in [0.717, 1.165) is 19.3 Å². The molecule has 0 spiro atoms. The van der Waals surface area contributed by atoms with Crippen LogP contribution in [0.2, 0.25) is 0 Å². The van der Waals surface area contributed by atoms with Gasteiger partial charge in [0.2, 0.25) is 0 Å². The Balaban J connectivity index is 2.11. The SMILES string of the molecule is Cc1ccc(CC2(C#N)CC2)cc1. The number of nitriles is 1. The van der Waals surface area contributed by atoms with E-state index in [-0.39, 0.29) is 5.41 Å². The minimum absolute atomic E-state index is 0.00470. The molecule has 0 saturated heterocycles. The molecule has 0 unspecified atom stereocenters. The average molecular weight is 171 g/mol. The molecule has 1 fully saturated rings. The minimum atomic E-state index is -0.00470. The maximum atomic E-state index is 8.92. The fraction of sp³-hybridized carbons (Fsp3) is 0.417. The van der Waals surface area contributed by atoms with E-state index < -0.39 is 0 Å². The molecule has 1 aromatic rings. The lowest BCUT2D eigenvalue weighted by Crippen LogP contribution is -2.00. The van der Waals surface area contributed by atoms with E-state index in [9.17, 15) is 0 Å². The lowest BCUT2D eigenvalue weighted by molar-refractivity contribution is 0.665. The third-order valence-corrected chi connectivity index (χ3v) is 2.75. The summed E-state index contributed by atoms with van der Waals surface area (Å²) in [6, 6.07) is 10.9. The number of benzene rings is 1. The maximum absolute atomic E-state index is 8.92. The first-order chi connectivity index (χ1) is 6.24. The van der Waals surface area contributed by atoms with Gasteiger partial charge in [-0.25, -0.2) is 0 Å². The van der Waals surface area contributed by atoms with Gasteiger partial charge in [-0.15, -0.1) is 0 Å². The van der Waals surface area contributed by atoms with E-state index in [0.29, 0.717) is 0 Å². The number of nitrogens with zero attached hydrogens (tertiary/aromatic N) is 1. The molecule has 0 heterocycles. The van der Waals surface area contributed by atoms with Crippen molar-refractivity contribution in [3.8, 4) is 6.07 Å². The van der Waals surface area contributed by atoms with Crippen molar-refractivity contribution in [1.29, 1.82) is 5.26 Å². The molecular formula is C12H13N. The topological polar surface area (TPSA) is 23.8 Å². The second kappa shape index (κ2) is 2.88. The number of aryl methyl sites for hydroxylation is 1. The molecule has 0 amide bonds. The van der Waals surface area contributed by atoms with Gasteiger partial charge in [-0.1, -0.05) is 29.8 Å². The van der Waals surface area contributed by atoms with Crippen molar-refractivity contribution in [2.24, 2.45) is 5.41 Å². The average Bonchev–Trinajstić information content (AvgIpc) is 2.90. The van der Waals surface area contributed by atoms with E-state index in [1.54, 1.807) is 0 Å². The summed E-state index contributed by atoms with van der Waals surface area (Å²) in [5, 5.41) is 8.92. The monoisotopic (exact) mass is 171 g/mol. The van der Waals surface area contributed by atoms with E-state index in [1.807, 2.05) is 0 Å². The van der Waals surface area contributed by atoms with Crippen molar-refractivity contribution in [2.75, 3.05) is 0 Å². The Morgan fingerprint density at radius 3 is 2.38 bits per heavy atom. The standard InChI is InChI=1S/C12H13N/c1-10-2-4-11(5-3-10)8-12(9-13)6-7-12/h2-5H,6-8H2,1H3. The molecule has 1 aromatic carbocycles. The molecular weight excluding hydrogens is 158 g/mol. The molecule has 0 aromatic heterocycles. The van der Waals surface area contributed by atoms with Crippen molar-refractivity contribution in [2.45, 2.75) is 26.2 Å². The molecule has 0 radical (unpaired) electrons. The van der Waals surface area contributed by atoms with E-state index in [1.165, 1.54) is 11.1 Å². The molecule has 1 aliphatic rings. The molecule has 0 aliphatic heterocycles. The summed E-state index contributed by atoms with van der Waals surface area (Å²) in [6.07, 6.45) is 3.10. The van der Waals surface area contributed by atoms with Crippen LogP contribution in [0, 0.1) is 23.7 Å². The highest BCUT2D eigenvalue weighted by atomic mass is 14.5. The van der Waals surface area contributed by atoms with Crippen molar-refractivity contribution in [1.82, 2.24) is 0 Å². The van der Waals surface area contributed by atoms with Gasteiger partial charge < -0.3 is 0 Å². The van der Waals surface area contributed by atoms with E-state index in [4.69, 9.17) is 5.26 Å². The predicted octanol–water partition coefficient (Wildman–Crippen LogP) is 2.84. The molecule has 66 valence electrons. The zero-order valence-corrected chi connectivity index (χ0v) is 7.88. The lowest BCUT2D eigenvalue weighted by atomic mass is 9.97. The number of hydrogen-bond donors (Lipinski definition) is 0. The third kappa shape index (κ3) is 1.72. The van der Waals surface area contributed by atoms with Crippen LogP contribution in [0.1, 0.15) is 24.0 Å². The Morgan fingerprint density at radius 1 is 1.31 bits per heavy atom. The zero-order chi connectivity index (χ0) is 9.31. The fourth-order valence-corrected chi connectivity index (χ4v) is 1.58. The molecule has 0 N–H and O–H groups in total.